The fourth-order valence-electron chi connectivity index (χ4n) is 4.54. The van der Waals surface area contributed by atoms with Crippen molar-refractivity contribution in [3.8, 4) is 0 Å². The summed E-state index contributed by atoms with van der Waals surface area (Å²) in [5.74, 6) is -3.19. The average Bonchev–Trinajstić information content (AvgIpc) is 2.78. The van der Waals surface area contributed by atoms with Crippen molar-refractivity contribution in [2.24, 2.45) is 11.8 Å². The lowest BCUT2D eigenvalue weighted by atomic mass is 9.69. The molecule has 8 heteroatoms. The lowest BCUT2D eigenvalue weighted by molar-refractivity contribution is -0.151. The van der Waals surface area contributed by atoms with E-state index in [1.807, 2.05) is 50.2 Å². The molecule has 0 unspecified atom stereocenters. The van der Waals surface area contributed by atoms with E-state index in [0.29, 0.717) is 23.3 Å². The molecule has 3 rings (SSSR count). The molecule has 1 aliphatic carbocycles. The number of benzene rings is 1. The normalized spacial score (nSPS) is 22.5. The van der Waals surface area contributed by atoms with Gasteiger partial charge in [0, 0.05) is 49.8 Å². The fraction of sp³-hybridized carbons (Fsp3) is 0.480. The summed E-state index contributed by atoms with van der Waals surface area (Å²) < 4.78 is 15.4. The maximum Gasteiger partial charge on any atom is 0.336 e. The molecule has 0 fully saturated rings. The van der Waals surface area contributed by atoms with Crippen molar-refractivity contribution < 1.29 is 28.6 Å². The molecule has 0 saturated heterocycles. The molecule has 0 amide bonds. The van der Waals surface area contributed by atoms with Crippen molar-refractivity contribution in [3.05, 3.63) is 52.4 Å². The third-order valence-electron chi connectivity index (χ3n) is 6.23. The van der Waals surface area contributed by atoms with Crippen LogP contribution in [0.2, 0.25) is 0 Å². The first kappa shape index (κ1) is 24.5. The molecule has 33 heavy (non-hydrogen) atoms. The van der Waals surface area contributed by atoms with E-state index >= 15 is 0 Å². The third kappa shape index (κ3) is 4.80. The predicted octanol–water partition coefficient (Wildman–Crippen LogP) is 2.56. The van der Waals surface area contributed by atoms with Gasteiger partial charge in [-0.15, -0.1) is 0 Å². The summed E-state index contributed by atoms with van der Waals surface area (Å²) in [5.41, 5.74) is 3.91. The van der Waals surface area contributed by atoms with Crippen LogP contribution in [0.15, 0.2) is 46.8 Å². The van der Waals surface area contributed by atoms with Crippen LogP contribution in [0.5, 0.6) is 0 Å². The van der Waals surface area contributed by atoms with Gasteiger partial charge in [0.2, 0.25) is 0 Å². The fourth-order valence-corrected chi connectivity index (χ4v) is 4.54. The lowest BCUT2D eigenvalue weighted by Crippen LogP contribution is -2.43. The number of methoxy groups -OCH3 is 2. The Morgan fingerprint density at radius 1 is 1.12 bits per heavy atom. The smallest absolute Gasteiger partial charge is 0.336 e. The highest BCUT2D eigenvalue weighted by Gasteiger charge is 2.47. The summed E-state index contributed by atoms with van der Waals surface area (Å²) in [5, 5.41) is 3.25. The summed E-state index contributed by atoms with van der Waals surface area (Å²) in [7, 11) is 6.69. The summed E-state index contributed by atoms with van der Waals surface area (Å²) >= 11 is 0. The number of ether oxygens (including phenoxy) is 3. The first-order valence-corrected chi connectivity index (χ1v) is 11.0. The number of esters is 2. The highest BCUT2D eigenvalue weighted by molar-refractivity contribution is 6.12. The van der Waals surface area contributed by atoms with Gasteiger partial charge in [0.15, 0.2) is 5.78 Å². The van der Waals surface area contributed by atoms with Gasteiger partial charge in [0.05, 0.1) is 19.3 Å². The number of allylic oxidation sites excluding steroid dienone is 3. The van der Waals surface area contributed by atoms with Crippen LogP contribution in [0.25, 0.3) is 0 Å². The average molecular weight is 457 g/mol. The molecule has 1 N–H and O–H groups in total. The molecule has 0 bridgehead atoms. The van der Waals surface area contributed by atoms with E-state index in [2.05, 4.69) is 5.32 Å². The Labute approximate surface area is 194 Å². The van der Waals surface area contributed by atoms with Crippen molar-refractivity contribution in [3.63, 3.8) is 0 Å². The third-order valence-corrected chi connectivity index (χ3v) is 6.23. The zero-order valence-corrected chi connectivity index (χ0v) is 20.1. The van der Waals surface area contributed by atoms with Gasteiger partial charge in [-0.3, -0.25) is 9.59 Å². The Morgan fingerprint density at radius 3 is 2.36 bits per heavy atom. The number of nitrogens with zero attached hydrogens (tertiary/aromatic N) is 1. The molecule has 3 atom stereocenters. The number of carbonyl (C=O) groups is 3. The van der Waals surface area contributed by atoms with E-state index in [4.69, 9.17) is 14.2 Å². The molecular weight excluding hydrogens is 424 g/mol. The number of anilines is 1. The minimum absolute atomic E-state index is 0.0973. The van der Waals surface area contributed by atoms with Crippen LogP contribution in [0.4, 0.5) is 5.69 Å². The molecule has 0 radical (unpaired) electrons. The van der Waals surface area contributed by atoms with Gasteiger partial charge >= 0.3 is 11.9 Å². The van der Waals surface area contributed by atoms with Crippen molar-refractivity contribution in [2.75, 3.05) is 46.4 Å². The number of carbonyl (C=O) groups excluding carboxylic acids is 3. The molecule has 1 aliphatic heterocycles. The zero-order chi connectivity index (χ0) is 24.3. The first-order valence-electron chi connectivity index (χ1n) is 11.0. The standard InChI is InChI=1S/C25H32N2O6/c1-14-13-18-22(23(28)19(14)24(29)32-6)21(16-7-9-17(10-8-16)27(3)4)20(15(2)26-18)25(30)33-12-11-31-5/h7-10,14,19,21,26H,11-13H2,1-6H3/t14-,19-,21+/m0/s1. The van der Waals surface area contributed by atoms with Gasteiger partial charge in [-0.2, -0.15) is 0 Å². The minimum Gasteiger partial charge on any atom is -0.468 e. The van der Waals surface area contributed by atoms with Gasteiger partial charge in [0.25, 0.3) is 0 Å². The summed E-state index contributed by atoms with van der Waals surface area (Å²) in [6, 6.07) is 7.69. The van der Waals surface area contributed by atoms with Gasteiger partial charge < -0.3 is 24.4 Å². The number of dihydropyridines is 1. The van der Waals surface area contributed by atoms with E-state index in [0.717, 1.165) is 16.9 Å². The molecule has 2 aliphatic rings. The molecular formula is C25H32N2O6. The van der Waals surface area contributed by atoms with Crippen LogP contribution in [0.1, 0.15) is 31.7 Å². The number of rotatable bonds is 7. The number of hydrogen-bond acceptors (Lipinski definition) is 8. The van der Waals surface area contributed by atoms with Gasteiger partial charge in [0.1, 0.15) is 12.5 Å². The monoisotopic (exact) mass is 456 g/mol. The van der Waals surface area contributed by atoms with Crippen molar-refractivity contribution in [1.29, 1.82) is 0 Å². The van der Waals surface area contributed by atoms with Crippen LogP contribution >= 0.6 is 0 Å². The van der Waals surface area contributed by atoms with Crippen molar-refractivity contribution in [2.45, 2.75) is 26.2 Å². The maximum absolute atomic E-state index is 13.7. The molecule has 1 heterocycles. The van der Waals surface area contributed by atoms with E-state index in [1.165, 1.54) is 14.2 Å². The second-order valence-electron chi connectivity index (χ2n) is 8.65. The largest absolute Gasteiger partial charge is 0.468 e. The Balaban J connectivity index is 2.12. The highest BCUT2D eigenvalue weighted by atomic mass is 16.6. The van der Waals surface area contributed by atoms with Gasteiger partial charge in [-0.05, 0) is 37.0 Å². The van der Waals surface area contributed by atoms with Crippen LogP contribution in [-0.4, -0.2) is 59.3 Å². The van der Waals surface area contributed by atoms with Gasteiger partial charge in [-0.25, -0.2) is 4.79 Å². The number of Topliss-reactive ketones (excluding diaryl/α,β-unsaturated/α-hetero) is 1. The quantitative estimate of drug-likeness (QED) is 0.380. The van der Waals surface area contributed by atoms with E-state index in [1.54, 1.807) is 6.92 Å². The number of ketones is 1. The second-order valence-corrected chi connectivity index (χ2v) is 8.65. The highest BCUT2D eigenvalue weighted by Crippen LogP contribution is 2.45. The Hall–Kier alpha value is -3.13. The van der Waals surface area contributed by atoms with E-state index < -0.39 is 23.8 Å². The molecule has 1 aromatic carbocycles. The summed E-state index contributed by atoms with van der Waals surface area (Å²) in [6.45, 7) is 4.03. The Bertz CT molecular complexity index is 993. The molecule has 0 aromatic heterocycles. The lowest BCUT2D eigenvalue weighted by Gasteiger charge is -2.38. The Morgan fingerprint density at radius 2 is 1.79 bits per heavy atom. The molecule has 0 spiro atoms. The van der Waals surface area contributed by atoms with E-state index in [-0.39, 0.29) is 24.9 Å². The number of hydrogen-bond donors (Lipinski definition) is 1. The first-order chi connectivity index (χ1) is 15.7. The van der Waals surface area contributed by atoms with E-state index in [9.17, 15) is 14.4 Å². The van der Waals surface area contributed by atoms with Crippen LogP contribution in [0, 0.1) is 11.8 Å². The second kappa shape index (κ2) is 10.2. The predicted molar refractivity (Wildman–Crippen MR) is 124 cm³/mol. The van der Waals surface area contributed by atoms with Crippen molar-refractivity contribution in [1.82, 2.24) is 5.32 Å². The topological polar surface area (TPSA) is 94.2 Å². The number of nitrogens with one attached hydrogen (secondary N) is 1. The molecule has 1 aromatic rings. The van der Waals surface area contributed by atoms with Crippen LogP contribution in [0.3, 0.4) is 0 Å². The Kier molecular flexibility index (Phi) is 7.58. The molecule has 8 nitrogen and oxygen atoms in total. The van der Waals surface area contributed by atoms with Gasteiger partial charge in [-0.1, -0.05) is 19.1 Å². The molecule has 178 valence electrons. The molecule has 0 saturated carbocycles. The minimum atomic E-state index is -0.914. The summed E-state index contributed by atoms with van der Waals surface area (Å²) in [6.07, 6.45) is 0.496. The van der Waals surface area contributed by atoms with Crippen LogP contribution < -0.4 is 10.2 Å². The maximum atomic E-state index is 13.7. The SMILES string of the molecule is COCCOC(=O)C1=C(C)NC2=C(C(=O)[C@@H](C(=O)OC)[C@@H](C)C2)[C@@H]1c1ccc(N(C)C)cc1. The zero-order valence-electron chi connectivity index (χ0n) is 20.1. The van der Waals surface area contributed by atoms with Crippen LogP contribution in [-0.2, 0) is 28.6 Å². The van der Waals surface area contributed by atoms with Crippen molar-refractivity contribution >= 4 is 23.4 Å². The summed E-state index contributed by atoms with van der Waals surface area (Å²) in [4.78, 5) is 41.3.